The second kappa shape index (κ2) is 9.18. The van der Waals surface area contributed by atoms with Crippen LogP contribution < -0.4 is 0 Å². The van der Waals surface area contributed by atoms with Gasteiger partial charge < -0.3 is 10.0 Å². The molecule has 1 N–H and O–H groups in total. The minimum atomic E-state index is -0.633. The van der Waals surface area contributed by atoms with Gasteiger partial charge in [-0.15, -0.1) is 22.7 Å². The molecule has 0 saturated heterocycles. The Labute approximate surface area is 170 Å². The van der Waals surface area contributed by atoms with Gasteiger partial charge in [0, 0.05) is 37.7 Å². The van der Waals surface area contributed by atoms with Crippen LogP contribution >= 0.6 is 22.7 Å². The van der Waals surface area contributed by atoms with Crippen molar-refractivity contribution in [1.29, 1.82) is 0 Å². The molecule has 2 heterocycles. The van der Waals surface area contributed by atoms with E-state index in [-0.39, 0.29) is 12.0 Å². The van der Waals surface area contributed by atoms with Gasteiger partial charge >= 0.3 is 5.97 Å². The largest absolute Gasteiger partial charge is 0.481 e. The first kappa shape index (κ1) is 20.3. The van der Waals surface area contributed by atoms with Crippen molar-refractivity contribution in [2.75, 3.05) is 13.6 Å². The molecule has 1 fully saturated rings. The third kappa shape index (κ3) is 5.09. The number of nitrogens with zero attached hydrogens (tertiary/aromatic N) is 1. The standard InChI is InChI=1S/C22H29NO2S2/c1-15-10-12-20(26-15)18(21-13-11-16(2)27-21)8-6-14-23(3)19-9-5-4-7-17(19)22(24)25/h8,10-13,17,19H,4-7,9,14H2,1-3H3,(H,24,25)/t17-,19-/m0/s1. The van der Waals surface area contributed by atoms with Gasteiger partial charge in [-0.25, -0.2) is 0 Å². The van der Waals surface area contributed by atoms with Gasteiger partial charge in [0.25, 0.3) is 0 Å². The lowest BCUT2D eigenvalue weighted by atomic mass is 9.83. The van der Waals surface area contributed by atoms with Crippen LogP contribution in [0.2, 0.25) is 0 Å². The average molecular weight is 404 g/mol. The van der Waals surface area contributed by atoms with Crippen molar-refractivity contribution in [2.24, 2.45) is 5.92 Å². The predicted octanol–water partition coefficient (Wildman–Crippen LogP) is 5.82. The number of rotatable bonds is 7. The van der Waals surface area contributed by atoms with Crippen molar-refractivity contribution in [3.05, 3.63) is 49.9 Å². The highest BCUT2D eigenvalue weighted by molar-refractivity contribution is 7.15. The van der Waals surface area contributed by atoms with Gasteiger partial charge in [0.05, 0.1) is 5.92 Å². The smallest absolute Gasteiger partial charge is 0.308 e. The van der Waals surface area contributed by atoms with Crippen LogP contribution in [-0.2, 0) is 4.79 Å². The molecule has 0 bridgehead atoms. The molecule has 0 spiro atoms. The fourth-order valence-corrected chi connectivity index (χ4v) is 5.90. The van der Waals surface area contributed by atoms with E-state index in [0.717, 1.165) is 38.6 Å². The average Bonchev–Trinajstić information content (AvgIpc) is 3.27. The van der Waals surface area contributed by atoms with E-state index in [2.05, 4.69) is 56.1 Å². The molecule has 2 aromatic heterocycles. The van der Waals surface area contributed by atoms with Gasteiger partial charge in [-0.3, -0.25) is 4.79 Å². The lowest BCUT2D eigenvalue weighted by Crippen LogP contribution is -2.43. The number of thiophene rings is 2. The second-order valence-corrected chi connectivity index (χ2v) is 10.1. The van der Waals surface area contributed by atoms with E-state index in [1.165, 1.54) is 25.1 Å². The highest BCUT2D eigenvalue weighted by Gasteiger charge is 2.33. The molecule has 146 valence electrons. The Morgan fingerprint density at radius 2 is 1.70 bits per heavy atom. The summed E-state index contributed by atoms with van der Waals surface area (Å²) in [6.45, 7) is 5.19. The molecule has 2 atom stereocenters. The van der Waals surface area contributed by atoms with E-state index in [0.29, 0.717) is 0 Å². The molecule has 0 radical (unpaired) electrons. The zero-order chi connectivity index (χ0) is 19.4. The van der Waals surface area contributed by atoms with Crippen molar-refractivity contribution in [3.8, 4) is 0 Å². The van der Waals surface area contributed by atoms with Crippen LogP contribution in [0, 0.1) is 19.8 Å². The van der Waals surface area contributed by atoms with Gasteiger partial charge in [0.2, 0.25) is 0 Å². The quantitative estimate of drug-likeness (QED) is 0.633. The highest BCUT2D eigenvalue weighted by atomic mass is 32.1. The van der Waals surface area contributed by atoms with E-state index < -0.39 is 5.97 Å². The fraction of sp³-hybridized carbons (Fsp3) is 0.500. The van der Waals surface area contributed by atoms with Gasteiger partial charge in [-0.05, 0) is 64.4 Å². The topological polar surface area (TPSA) is 40.5 Å². The Hall–Kier alpha value is -1.43. The number of carboxylic acid groups (broad SMARTS) is 1. The summed E-state index contributed by atoms with van der Waals surface area (Å²) in [5.74, 6) is -0.849. The van der Waals surface area contributed by atoms with Crippen LogP contribution in [0.4, 0.5) is 0 Å². The SMILES string of the molecule is Cc1ccc(C(=CCCN(C)[C@H]2CCCC[C@@H]2C(=O)O)c2ccc(C)s2)s1. The molecule has 1 saturated carbocycles. The molecule has 0 aliphatic heterocycles. The lowest BCUT2D eigenvalue weighted by molar-refractivity contribution is -0.145. The first-order valence-electron chi connectivity index (χ1n) is 9.72. The predicted molar refractivity (Wildman–Crippen MR) is 116 cm³/mol. The molecule has 2 aromatic rings. The summed E-state index contributed by atoms with van der Waals surface area (Å²) in [7, 11) is 2.09. The fourth-order valence-electron chi connectivity index (χ4n) is 3.99. The maximum atomic E-state index is 11.6. The molecule has 0 aromatic carbocycles. The van der Waals surface area contributed by atoms with Crippen molar-refractivity contribution in [2.45, 2.75) is 52.0 Å². The molecule has 3 rings (SSSR count). The monoisotopic (exact) mass is 403 g/mol. The summed E-state index contributed by atoms with van der Waals surface area (Å²) < 4.78 is 0. The van der Waals surface area contributed by atoms with Gasteiger partial charge in [0.1, 0.15) is 0 Å². The number of aryl methyl sites for hydroxylation is 2. The van der Waals surface area contributed by atoms with Crippen LogP contribution in [0.25, 0.3) is 5.57 Å². The van der Waals surface area contributed by atoms with E-state index >= 15 is 0 Å². The zero-order valence-corrected chi connectivity index (χ0v) is 18.0. The maximum Gasteiger partial charge on any atom is 0.308 e. The molecule has 1 aliphatic rings. The van der Waals surface area contributed by atoms with Crippen molar-refractivity contribution in [1.82, 2.24) is 4.90 Å². The Kier molecular flexibility index (Phi) is 6.90. The number of hydrogen-bond donors (Lipinski definition) is 1. The molecule has 1 aliphatic carbocycles. The third-order valence-electron chi connectivity index (χ3n) is 5.45. The van der Waals surface area contributed by atoms with Crippen LogP contribution in [0.5, 0.6) is 0 Å². The van der Waals surface area contributed by atoms with Gasteiger partial charge in [-0.2, -0.15) is 0 Å². The summed E-state index contributed by atoms with van der Waals surface area (Å²) in [5.41, 5.74) is 1.32. The minimum absolute atomic E-state index is 0.168. The molecule has 5 heteroatoms. The zero-order valence-electron chi connectivity index (χ0n) is 16.4. The van der Waals surface area contributed by atoms with E-state index in [1.807, 2.05) is 22.7 Å². The summed E-state index contributed by atoms with van der Waals surface area (Å²) in [5, 5.41) is 9.54. The first-order chi connectivity index (χ1) is 13.0. The van der Waals surface area contributed by atoms with E-state index in [9.17, 15) is 9.90 Å². The van der Waals surface area contributed by atoms with Crippen molar-refractivity contribution >= 4 is 34.2 Å². The van der Waals surface area contributed by atoms with Crippen LogP contribution in [0.15, 0.2) is 30.3 Å². The summed E-state index contributed by atoms with van der Waals surface area (Å²) >= 11 is 3.68. The molecular weight excluding hydrogens is 374 g/mol. The number of carboxylic acids is 1. The van der Waals surface area contributed by atoms with E-state index in [4.69, 9.17) is 0 Å². The normalized spacial score (nSPS) is 20.0. The number of hydrogen-bond acceptors (Lipinski definition) is 4. The van der Waals surface area contributed by atoms with Crippen molar-refractivity contribution < 1.29 is 9.90 Å². The first-order valence-corrected chi connectivity index (χ1v) is 11.4. The Balaban J connectivity index is 1.72. The van der Waals surface area contributed by atoms with Crippen molar-refractivity contribution in [3.63, 3.8) is 0 Å². The maximum absolute atomic E-state index is 11.6. The lowest BCUT2D eigenvalue weighted by Gasteiger charge is -2.35. The van der Waals surface area contributed by atoms with Crippen LogP contribution in [0.3, 0.4) is 0 Å². The molecule has 27 heavy (non-hydrogen) atoms. The summed E-state index contributed by atoms with van der Waals surface area (Å²) in [6, 6.07) is 8.96. The van der Waals surface area contributed by atoms with Crippen LogP contribution in [-0.4, -0.2) is 35.6 Å². The Morgan fingerprint density at radius 1 is 1.11 bits per heavy atom. The Morgan fingerprint density at radius 3 is 2.22 bits per heavy atom. The van der Waals surface area contributed by atoms with E-state index in [1.54, 1.807) is 0 Å². The molecule has 0 unspecified atom stereocenters. The van der Waals surface area contributed by atoms with Gasteiger partial charge in [0.15, 0.2) is 0 Å². The number of carbonyl (C=O) groups is 1. The minimum Gasteiger partial charge on any atom is -0.481 e. The third-order valence-corrected chi connectivity index (χ3v) is 7.52. The summed E-state index contributed by atoms with van der Waals surface area (Å²) in [6.07, 6.45) is 7.27. The molecular formula is C22H29NO2S2. The van der Waals surface area contributed by atoms with Crippen LogP contribution in [0.1, 0.15) is 51.6 Å². The molecule has 0 amide bonds. The second-order valence-electron chi connectivity index (χ2n) is 7.50. The van der Waals surface area contributed by atoms with Gasteiger partial charge in [-0.1, -0.05) is 18.9 Å². The molecule has 3 nitrogen and oxygen atoms in total. The highest BCUT2D eigenvalue weighted by Crippen LogP contribution is 2.34. The Bertz CT molecular complexity index is 763. The number of aliphatic carboxylic acids is 1. The summed E-state index contributed by atoms with van der Waals surface area (Å²) in [4.78, 5) is 19.1.